The Kier molecular flexibility index (Phi) is 4.32. The molecule has 0 atom stereocenters. The van der Waals surface area contributed by atoms with Crippen molar-refractivity contribution in [3.63, 3.8) is 0 Å². The molecule has 0 aromatic rings. The average molecular weight is 196 g/mol. The second-order valence-corrected chi connectivity index (χ2v) is 2.27. The van der Waals surface area contributed by atoms with Gasteiger partial charge in [0, 0.05) is 5.57 Å². The van der Waals surface area contributed by atoms with Gasteiger partial charge >= 0.3 is 6.18 Å². The first kappa shape index (κ1) is 12.1. The third-order valence-corrected chi connectivity index (χ3v) is 1.20. The largest absolute Gasteiger partial charge is 0.416 e. The highest BCUT2D eigenvalue weighted by Gasteiger charge is 2.31. The SMILES string of the molecule is C#C/C=C\C(=C/C(=C)C#C)C(F)(F)F. The predicted molar refractivity (Wildman–Crippen MR) is 50.1 cm³/mol. The van der Waals surface area contributed by atoms with E-state index in [-0.39, 0.29) is 5.57 Å². The van der Waals surface area contributed by atoms with Crippen molar-refractivity contribution in [1.29, 1.82) is 0 Å². The van der Waals surface area contributed by atoms with E-state index in [1.807, 2.05) is 11.8 Å². The Morgan fingerprint density at radius 3 is 2.21 bits per heavy atom. The zero-order chi connectivity index (χ0) is 11.2. The molecule has 0 heterocycles. The topological polar surface area (TPSA) is 0 Å². The molecule has 0 saturated heterocycles. The van der Waals surface area contributed by atoms with Gasteiger partial charge in [0.25, 0.3) is 0 Å². The summed E-state index contributed by atoms with van der Waals surface area (Å²) in [5.41, 5.74) is -0.975. The summed E-state index contributed by atoms with van der Waals surface area (Å²) >= 11 is 0. The van der Waals surface area contributed by atoms with Crippen LogP contribution in [0.2, 0.25) is 0 Å². The lowest BCUT2D eigenvalue weighted by atomic mass is 10.1. The van der Waals surface area contributed by atoms with Crippen LogP contribution in [0.4, 0.5) is 13.2 Å². The van der Waals surface area contributed by atoms with E-state index in [9.17, 15) is 13.2 Å². The predicted octanol–water partition coefficient (Wildman–Crippen LogP) is 2.85. The molecular formula is C11H7F3. The number of allylic oxidation sites excluding steroid dienone is 5. The van der Waals surface area contributed by atoms with Crippen molar-refractivity contribution >= 4 is 0 Å². The highest BCUT2D eigenvalue weighted by molar-refractivity contribution is 5.41. The lowest BCUT2D eigenvalue weighted by Gasteiger charge is -2.06. The smallest absolute Gasteiger partial charge is 0.166 e. The molecule has 0 unspecified atom stereocenters. The van der Waals surface area contributed by atoms with Crippen LogP contribution in [0.15, 0.2) is 36.0 Å². The highest BCUT2D eigenvalue weighted by Crippen LogP contribution is 2.27. The molecule has 0 aromatic carbocycles. The van der Waals surface area contributed by atoms with Crippen LogP contribution in [0, 0.1) is 24.7 Å². The van der Waals surface area contributed by atoms with E-state index < -0.39 is 11.7 Å². The monoisotopic (exact) mass is 196 g/mol. The Morgan fingerprint density at radius 1 is 1.29 bits per heavy atom. The summed E-state index contributed by atoms with van der Waals surface area (Å²) in [6.07, 6.45) is 7.65. The molecule has 3 heteroatoms. The molecular weight excluding hydrogens is 189 g/mol. The van der Waals surface area contributed by atoms with Crippen molar-refractivity contribution < 1.29 is 13.2 Å². The Balaban J connectivity index is 5.06. The molecule has 0 nitrogen and oxygen atoms in total. The van der Waals surface area contributed by atoms with Gasteiger partial charge < -0.3 is 0 Å². The van der Waals surface area contributed by atoms with Crippen LogP contribution in [0.3, 0.4) is 0 Å². The molecule has 0 aliphatic carbocycles. The van der Waals surface area contributed by atoms with Gasteiger partial charge in [-0.05, 0) is 18.2 Å². The Labute approximate surface area is 80.8 Å². The first-order valence-corrected chi connectivity index (χ1v) is 3.49. The Bertz CT molecular complexity index is 353. The number of halogens is 3. The van der Waals surface area contributed by atoms with Gasteiger partial charge in [0.2, 0.25) is 0 Å². The Morgan fingerprint density at radius 2 is 1.86 bits per heavy atom. The average Bonchev–Trinajstić information content (AvgIpc) is 2.09. The van der Waals surface area contributed by atoms with E-state index in [0.717, 1.165) is 18.2 Å². The third-order valence-electron chi connectivity index (χ3n) is 1.20. The number of terminal acetylenes is 2. The van der Waals surface area contributed by atoms with E-state index in [4.69, 9.17) is 12.8 Å². The van der Waals surface area contributed by atoms with Gasteiger partial charge in [0.05, 0.1) is 5.57 Å². The zero-order valence-electron chi connectivity index (χ0n) is 7.23. The lowest BCUT2D eigenvalue weighted by Crippen LogP contribution is -2.10. The molecule has 0 amide bonds. The molecule has 14 heavy (non-hydrogen) atoms. The van der Waals surface area contributed by atoms with Crippen LogP contribution in [0.25, 0.3) is 0 Å². The number of rotatable bonds is 2. The van der Waals surface area contributed by atoms with Crippen molar-refractivity contribution in [2.45, 2.75) is 6.18 Å². The molecule has 0 spiro atoms. The molecule has 0 aliphatic heterocycles. The summed E-state index contributed by atoms with van der Waals surface area (Å²) in [6, 6.07) is 0. The maximum atomic E-state index is 12.2. The zero-order valence-corrected chi connectivity index (χ0v) is 7.23. The van der Waals surface area contributed by atoms with E-state index in [1.165, 1.54) is 0 Å². The summed E-state index contributed by atoms with van der Waals surface area (Å²) in [4.78, 5) is 0. The molecule has 0 N–H and O–H groups in total. The van der Waals surface area contributed by atoms with Gasteiger partial charge in [-0.2, -0.15) is 13.2 Å². The Hall–Kier alpha value is -1.87. The van der Waals surface area contributed by atoms with E-state index in [1.54, 1.807) is 0 Å². The molecule has 0 bridgehead atoms. The van der Waals surface area contributed by atoms with Crippen LogP contribution in [0.5, 0.6) is 0 Å². The van der Waals surface area contributed by atoms with E-state index in [2.05, 4.69) is 6.58 Å². The fraction of sp³-hybridized carbons (Fsp3) is 0.0909. The maximum Gasteiger partial charge on any atom is 0.416 e. The molecule has 72 valence electrons. The fourth-order valence-electron chi connectivity index (χ4n) is 0.592. The first-order chi connectivity index (χ1) is 6.41. The van der Waals surface area contributed by atoms with Crippen molar-refractivity contribution in [1.82, 2.24) is 0 Å². The van der Waals surface area contributed by atoms with Crippen LogP contribution < -0.4 is 0 Å². The molecule has 0 radical (unpaired) electrons. The lowest BCUT2D eigenvalue weighted by molar-refractivity contribution is -0.0882. The summed E-state index contributed by atoms with van der Waals surface area (Å²) < 4.78 is 36.7. The minimum atomic E-state index is -4.48. The minimum Gasteiger partial charge on any atom is -0.166 e. The van der Waals surface area contributed by atoms with Gasteiger partial charge in [0.15, 0.2) is 0 Å². The van der Waals surface area contributed by atoms with Crippen molar-refractivity contribution in [3.05, 3.63) is 36.0 Å². The van der Waals surface area contributed by atoms with Crippen LogP contribution in [0.1, 0.15) is 0 Å². The molecule has 0 aromatic heterocycles. The van der Waals surface area contributed by atoms with Crippen LogP contribution >= 0.6 is 0 Å². The van der Waals surface area contributed by atoms with Crippen molar-refractivity contribution in [2.75, 3.05) is 0 Å². The molecule has 0 rings (SSSR count). The standard InChI is InChI=1S/C11H7F3/c1-4-6-7-10(11(12,13)14)8-9(3)5-2/h1-2,6-8H,3H2/b7-6-,10-8+. The highest BCUT2D eigenvalue weighted by atomic mass is 19.4. The number of hydrogen-bond acceptors (Lipinski definition) is 0. The second kappa shape index (κ2) is 4.99. The molecule has 0 aliphatic rings. The van der Waals surface area contributed by atoms with Gasteiger partial charge in [0.1, 0.15) is 0 Å². The molecule has 0 saturated carbocycles. The summed E-state index contributed by atoms with van der Waals surface area (Å²) in [5.74, 6) is 3.95. The van der Waals surface area contributed by atoms with Gasteiger partial charge in [-0.25, -0.2) is 0 Å². The summed E-state index contributed by atoms with van der Waals surface area (Å²) in [5, 5.41) is 0. The third kappa shape index (κ3) is 4.23. The van der Waals surface area contributed by atoms with Gasteiger partial charge in [-0.1, -0.05) is 18.4 Å². The van der Waals surface area contributed by atoms with Crippen molar-refractivity contribution in [3.8, 4) is 24.7 Å². The maximum absolute atomic E-state index is 12.2. The molecule has 0 fully saturated rings. The number of hydrogen-bond donors (Lipinski definition) is 0. The van der Waals surface area contributed by atoms with Gasteiger partial charge in [-0.3, -0.25) is 0 Å². The van der Waals surface area contributed by atoms with Gasteiger partial charge in [-0.15, -0.1) is 12.8 Å². The van der Waals surface area contributed by atoms with Crippen LogP contribution in [-0.4, -0.2) is 6.18 Å². The second-order valence-electron chi connectivity index (χ2n) is 2.27. The first-order valence-electron chi connectivity index (χ1n) is 3.49. The minimum absolute atomic E-state index is 0.0565. The summed E-state index contributed by atoms with van der Waals surface area (Å²) in [7, 11) is 0. The number of alkyl halides is 3. The van der Waals surface area contributed by atoms with Crippen molar-refractivity contribution in [2.24, 2.45) is 0 Å². The quantitative estimate of drug-likeness (QED) is 0.470. The fourth-order valence-corrected chi connectivity index (χ4v) is 0.592. The summed E-state index contributed by atoms with van der Waals surface area (Å²) in [6.45, 7) is 3.24. The van der Waals surface area contributed by atoms with Crippen LogP contribution in [-0.2, 0) is 0 Å². The normalized spacial score (nSPS) is 12.2. The van der Waals surface area contributed by atoms with E-state index >= 15 is 0 Å². The van der Waals surface area contributed by atoms with E-state index in [0.29, 0.717) is 0 Å².